The van der Waals surface area contributed by atoms with Crippen LogP contribution in [0.4, 0.5) is 0 Å². The highest BCUT2D eigenvalue weighted by atomic mass is 32.2. The predicted molar refractivity (Wildman–Crippen MR) is 110 cm³/mol. The standard InChI is InChI=1S/C21H26N2O4S/c1-16-7-8-17(2)21(13-16)28(24,25)27-19-10-9-18(14-20(19)26-3)15-22-23-11-5-4-6-12-23/h7-10,13-15H,4-6,11-12H2,1-3H3/b22-15-. The molecule has 1 saturated heterocycles. The molecular formula is C21H26N2O4S. The molecule has 150 valence electrons. The first-order chi connectivity index (χ1) is 13.4. The SMILES string of the molecule is COc1cc(/C=N\N2CCCCC2)ccc1OS(=O)(=O)c1cc(C)ccc1C. The zero-order valence-electron chi connectivity index (χ0n) is 16.5. The maximum atomic E-state index is 12.7. The van der Waals surface area contributed by atoms with E-state index in [1.54, 1.807) is 43.5 Å². The van der Waals surface area contributed by atoms with Crippen LogP contribution in [0, 0.1) is 13.8 Å². The van der Waals surface area contributed by atoms with Crippen LogP contribution in [-0.4, -0.2) is 39.8 Å². The van der Waals surface area contributed by atoms with Gasteiger partial charge >= 0.3 is 10.1 Å². The van der Waals surface area contributed by atoms with Crippen LogP contribution in [0.5, 0.6) is 11.5 Å². The van der Waals surface area contributed by atoms with Gasteiger partial charge in [0.15, 0.2) is 11.5 Å². The molecule has 2 aromatic carbocycles. The van der Waals surface area contributed by atoms with Gasteiger partial charge in [0.2, 0.25) is 0 Å². The van der Waals surface area contributed by atoms with Gasteiger partial charge in [-0.05, 0) is 74.1 Å². The molecule has 28 heavy (non-hydrogen) atoms. The molecule has 0 unspecified atom stereocenters. The molecule has 0 bridgehead atoms. The summed E-state index contributed by atoms with van der Waals surface area (Å²) in [5.41, 5.74) is 2.30. The molecule has 1 aliphatic heterocycles. The number of nitrogens with zero attached hydrogens (tertiary/aromatic N) is 2. The Morgan fingerprint density at radius 2 is 1.75 bits per heavy atom. The third-order valence-corrected chi connectivity index (χ3v) is 6.08. The van der Waals surface area contributed by atoms with Gasteiger partial charge in [-0.3, -0.25) is 5.01 Å². The van der Waals surface area contributed by atoms with Gasteiger partial charge < -0.3 is 8.92 Å². The topological polar surface area (TPSA) is 68.2 Å². The Balaban J connectivity index is 1.82. The van der Waals surface area contributed by atoms with Crippen molar-refractivity contribution in [2.24, 2.45) is 5.10 Å². The minimum Gasteiger partial charge on any atom is -0.493 e. The fourth-order valence-corrected chi connectivity index (χ4v) is 4.37. The van der Waals surface area contributed by atoms with E-state index in [9.17, 15) is 8.42 Å². The number of piperidine rings is 1. The van der Waals surface area contributed by atoms with E-state index in [1.165, 1.54) is 13.5 Å². The van der Waals surface area contributed by atoms with Crippen molar-refractivity contribution >= 4 is 16.3 Å². The van der Waals surface area contributed by atoms with E-state index in [1.807, 2.05) is 18.0 Å². The molecule has 1 heterocycles. The number of hydrogen-bond donors (Lipinski definition) is 0. The second-order valence-corrected chi connectivity index (χ2v) is 8.49. The van der Waals surface area contributed by atoms with Crippen LogP contribution in [0.3, 0.4) is 0 Å². The van der Waals surface area contributed by atoms with Crippen LogP contribution >= 0.6 is 0 Å². The lowest BCUT2D eigenvalue weighted by atomic mass is 10.2. The highest BCUT2D eigenvalue weighted by molar-refractivity contribution is 7.87. The van der Waals surface area contributed by atoms with Gasteiger partial charge in [0.25, 0.3) is 0 Å². The lowest BCUT2D eigenvalue weighted by molar-refractivity contribution is 0.240. The number of aryl methyl sites for hydroxylation is 2. The van der Waals surface area contributed by atoms with Crippen molar-refractivity contribution < 1.29 is 17.3 Å². The van der Waals surface area contributed by atoms with Gasteiger partial charge in [0.05, 0.1) is 13.3 Å². The van der Waals surface area contributed by atoms with Gasteiger partial charge in [0, 0.05) is 13.1 Å². The summed E-state index contributed by atoms with van der Waals surface area (Å²) in [5.74, 6) is 0.495. The Hall–Kier alpha value is -2.54. The fraction of sp³-hybridized carbons (Fsp3) is 0.381. The minimum atomic E-state index is -3.96. The normalized spacial score (nSPS) is 15.0. The molecule has 0 saturated carbocycles. The maximum absolute atomic E-state index is 12.7. The zero-order chi connectivity index (χ0) is 20.1. The van der Waals surface area contributed by atoms with E-state index in [4.69, 9.17) is 8.92 Å². The predicted octanol–water partition coefficient (Wildman–Crippen LogP) is 3.90. The van der Waals surface area contributed by atoms with Crippen LogP contribution < -0.4 is 8.92 Å². The molecule has 0 spiro atoms. The molecule has 0 N–H and O–H groups in total. The molecule has 1 fully saturated rings. The monoisotopic (exact) mass is 402 g/mol. The average Bonchev–Trinajstić information content (AvgIpc) is 2.69. The van der Waals surface area contributed by atoms with Gasteiger partial charge in [-0.15, -0.1) is 0 Å². The summed E-state index contributed by atoms with van der Waals surface area (Å²) < 4.78 is 36.2. The molecule has 2 aromatic rings. The molecule has 6 nitrogen and oxygen atoms in total. The van der Waals surface area contributed by atoms with Crippen molar-refractivity contribution in [1.29, 1.82) is 0 Å². The quantitative estimate of drug-likeness (QED) is 0.541. The van der Waals surface area contributed by atoms with E-state index in [2.05, 4.69) is 5.10 Å². The van der Waals surface area contributed by atoms with E-state index in [0.29, 0.717) is 11.3 Å². The summed E-state index contributed by atoms with van der Waals surface area (Å²) in [5, 5.41) is 6.54. The Morgan fingerprint density at radius 1 is 1.00 bits per heavy atom. The highest BCUT2D eigenvalue weighted by Gasteiger charge is 2.21. The van der Waals surface area contributed by atoms with Crippen LogP contribution in [0.1, 0.15) is 36.0 Å². The summed E-state index contributed by atoms with van der Waals surface area (Å²) >= 11 is 0. The molecule has 3 rings (SSSR count). The van der Waals surface area contributed by atoms with Crippen molar-refractivity contribution in [3.8, 4) is 11.5 Å². The Bertz CT molecular complexity index is 964. The molecule has 0 aromatic heterocycles. The van der Waals surface area contributed by atoms with Crippen molar-refractivity contribution in [3.05, 3.63) is 53.1 Å². The van der Waals surface area contributed by atoms with Crippen molar-refractivity contribution in [2.45, 2.75) is 38.0 Å². The largest absolute Gasteiger partial charge is 0.493 e. The second kappa shape index (κ2) is 8.65. The van der Waals surface area contributed by atoms with E-state index < -0.39 is 10.1 Å². The van der Waals surface area contributed by atoms with Crippen LogP contribution in [0.2, 0.25) is 0 Å². The highest BCUT2D eigenvalue weighted by Crippen LogP contribution is 2.31. The summed E-state index contributed by atoms with van der Waals surface area (Å²) in [6.07, 6.45) is 5.32. The molecule has 7 heteroatoms. The zero-order valence-corrected chi connectivity index (χ0v) is 17.3. The second-order valence-electron chi connectivity index (χ2n) is 6.98. The lowest BCUT2D eigenvalue weighted by Crippen LogP contribution is -2.24. The molecule has 0 atom stereocenters. The van der Waals surface area contributed by atoms with Crippen LogP contribution in [0.25, 0.3) is 0 Å². The molecule has 0 radical (unpaired) electrons. The molecular weight excluding hydrogens is 376 g/mol. The summed E-state index contributed by atoms with van der Waals surface area (Å²) in [7, 11) is -2.48. The van der Waals surface area contributed by atoms with Gasteiger partial charge in [-0.25, -0.2) is 0 Å². The smallest absolute Gasteiger partial charge is 0.339 e. The van der Waals surface area contributed by atoms with Crippen LogP contribution in [-0.2, 0) is 10.1 Å². The Morgan fingerprint density at radius 3 is 2.46 bits per heavy atom. The third-order valence-electron chi connectivity index (χ3n) is 4.70. The summed E-state index contributed by atoms with van der Waals surface area (Å²) in [6, 6.07) is 10.3. The van der Waals surface area contributed by atoms with Gasteiger partial charge in [-0.2, -0.15) is 13.5 Å². The van der Waals surface area contributed by atoms with Gasteiger partial charge in [-0.1, -0.05) is 12.1 Å². The first-order valence-electron chi connectivity index (χ1n) is 9.38. The first kappa shape index (κ1) is 20.2. The number of hydrazone groups is 1. The Kier molecular flexibility index (Phi) is 6.24. The summed E-state index contributed by atoms with van der Waals surface area (Å²) in [6.45, 7) is 5.51. The maximum Gasteiger partial charge on any atom is 0.339 e. The average molecular weight is 403 g/mol. The van der Waals surface area contributed by atoms with E-state index >= 15 is 0 Å². The third kappa shape index (κ3) is 4.84. The number of ether oxygens (including phenoxy) is 1. The lowest BCUT2D eigenvalue weighted by Gasteiger charge is -2.23. The number of hydrogen-bond acceptors (Lipinski definition) is 6. The van der Waals surface area contributed by atoms with Gasteiger partial charge in [0.1, 0.15) is 4.90 Å². The molecule has 0 amide bonds. The number of rotatable bonds is 6. The van der Waals surface area contributed by atoms with Crippen molar-refractivity contribution in [2.75, 3.05) is 20.2 Å². The van der Waals surface area contributed by atoms with Crippen LogP contribution in [0.15, 0.2) is 46.4 Å². The fourth-order valence-electron chi connectivity index (χ4n) is 3.11. The minimum absolute atomic E-state index is 0.151. The first-order valence-corrected chi connectivity index (χ1v) is 10.8. The Labute approximate surface area is 166 Å². The summed E-state index contributed by atoms with van der Waals surface area (Å²) in [4.78, 5) is 0.158. The number of benzene rings is 2. The van der Waals surface area contributed by atoms with Crippen molar-refractivity contribution in [1.82, 2.24) is 5.01 Å². The van der Waals surface area contributed by atoms with Crippen molar-refractivity contribution in [3.63, 3.8) is 0 Å². The molecule has 1 aliphatic rings. The number of methoxy groups -OCH3 is 1. The van der Waals surface area contributed by atoms with E-state index in [-0.39, 0.29) is 10.6 Å². The molecule has 0 aliphatic carbocycles. The van der Waals surface area contributed by atoms with E-state index in [0.717, 1.165) is 37.1 Å².